The van der Waals surface area contributed by atoms with Crippen LogP contribution in [0.3, 0.4) is 0 Å². The standard InChI is InChI=1S/C19H16F3N3OS/c1-25-10-9-23-18(25)27-16-7-5-15(6-8-16)24-17(26)12-13-3-2-4-14(11-13)19(20,21)22/h2-11H,12H2,1H3,(H,24,26). The third kappa shape index (κ3) is 5.13. The molecule has 1 aromatic heterocycles. The third-order valence-corrected chi connectivity index (χ3v) is 4.83. The second-order valence-electron chi connectivity index (χ2n) is 5.87. The molecule has 1 N–H and O–H groups in total. The largest absolute Gasteiger partial charge is 0.416 e. The van der Waals surface area contributed by atoms with Gasteiger partial charge in [0.2, 0.25) is 5.91 Å². The van der Waals surface area contributed by atoms with E-state index >= 15 is 0 Å². The third-order valence-electron chi connectivity index (χ3n) is 3.74. The van der Waals surface area contributed by atoms with E-state index in [1.807, 2.05) is 29.9 Å². The zero-order valence-electron chi connectivity index (χ0n) is 14.3. The highest BCUT2D eigenvalue weighted by molar-refractivity contribution is 7.99. The molecule has 0 radical (unpaired) electrons. The van der Waals surface area contributed by atoms with E-state index in [2.05, 4.69) is 10.3 Å². The van der Waals surface area contributed by atoms with Gasteiger partial charge in [0.1, 0.15) is 0 Å². The molecule has 2 aromatic carbocycles. The number of hydrogen-bond donors (Lipinski definition) is 1. The molecule has 4 nitrogen and oxygen atoms in total. The van der Waals surface area contributed by atoms with Crippen molar-refractivity contribution in [3.63, 3.8) is 0 Å². The number of aromatic nitrogens is 2. The highest BCUT2D eigenvalue weighted by Crippen LogP contribution is 2.30. The molecule has 8 heteroatoms. The Morgan fingerprint density at radius 1 is 1.19 bits per heavy atom. The van der Waals surface area contributed by atoms with Gasteiger partial charge in [0.05, 0.1) is 12.0 Å². The molecule has 140 valence electrons. The van der Waals surface area contributed by atoms with Crippen LogP contribution >= 0.6 is 11.8 Å². The number of benzene rings is 2. The molecular formula is C19H16F3N3OS. The normalized spacial score (nSPS) is 11.4. The number of nitrogens with zero attached hydrogens (tertiary/aromatic N) is 2. The second-order valence-corrected chi connectivity index (χ2v) is 6.91. The molecule has 0 aliphatic rings. The van der Waals surface area contributed by atoms with Gasteiger partial charge in [-0.1, -0.05) is 30.0 Å². The fraction of sp³-hybridized carbons (Fsp3) is 0.158. The molecule has 0 bridgehead atoms. The van der Waals surface area contributed by atoms with Crippen LogP contribution in [0.4, 0.5) is 18.9 Å². The highest BCUT2D eigenvalue weighted by atomic mass is 32.2. The number of amides is 1. The van der Waals surface area contributed by atoms with Crippen molar-refractivity contribution in [2.45, 2.75) is 22.6 Å². The van der Waals surface area contributed by atoms with Gasteiger partial charge in [0.15, 0.2) is 5.16 Å². The van der Waals surface area contributed by atoms with E-state index < -0.39 is 11.7 Å². The Kier molecular flexibility index (Phi) is 5.55. The number of aryl methyl sites for hydroxylation is 1. The smallest absolute Gasteiger partial charge is 0.329 e. The van der Waals surface area contributed by atoms with E-state index in [4.69, 9.17) is 0 Å². The zero-order chi connectivity index (χ0) is 19.4. The van der Waals surface area contributed by atoms with E-state index in [0.717, 1.165) is 22.2 Å². The number of carbonyl (C=O) groups is 1. The van der Waals surface area contributed by atoms with Crippen LogP contribution in [0.25, 0.3) is 0 Å². The second kappa shape index (κ2) is 7.87. The average Bonchev–Trinajstić information content (AvgIpc) is 3.01. The van der Waals surface area contributed by atoms with Crippen LogP contribution in [0.2, 0.25) is 0 Å². The van der Waals surface area contributed by atoms with Crippen molar-refractivity contribution >= 4 is 23.4 Å². The lowest BCUT2D eigenvalue weighted by Crippen LogP contribution is -2.15. The summed E-state index contributed by atoms with van der Waals surface area (Å²) in [6, 6.07) is 12.0. The van der Waals surface area contributed by atoms with E-state index in [1.165, 1.54) is 23.9 Å². The molecule has 0 saturated carbocycles. The fourth-order valence-electron chi connectivity index (χ4n) is 2.41. The first-order valence-corrected chi connectivity index (χ1v) is 8.84. The summed E-state index contributed by atoms with van der Waals surface area (Å²) in [6.07, 6.45) is -0.990. The molecular weight excluding hydrogens is 375 g/mol. The molecule has 27 heavy (non-hydrogen) atoms. The molecule has 0 fully saturated rings. The lowest BCUT2D eigenvalue weighted by Gasteiger charge is -2.09. The van der Waals surface area contributed by atoms with Crippen LogP contribution in [0.5, 0.6) is 0 Å². The molecule has 1 amide bonds. The topological polar surface area (TPSA) is 46.9 Å². The minimum Gasteiger partial charge on any atom is -0.329 e. The van der Waals surface area contributed by atoms with Crippen molar-refractivity contribution in [2.24, 2.45) is 7.05 Å². The number of anilines is 1. The van der Waals surface area contributed by atoms with Crippen LogP contribution < -0.4 is 5.32 Å². The molecule has 3 aromatic rings. The monoisotopic (exact) mass is 391 g/mol. The predicted molar refractivity (Wildman–Crippen MR) is 97.6 cm³/mol. The average molecular weight is 391 g/mol. The van der Waals surface area contributed by atoms with Gasteiger partial charge in [-0.15, -0.1) is 0 Å². The van der Waals surface area contributed by atoms with E-state index in [1.54, 1.807) is 18.3 Å². The molecule has 3 rings (SSSR count). The molecule has 1 heterocycles. The molecule has 0 unspecified atom stereocenters. The number of halogens is 3. The van der Waals surface area contributed by atoms with Gasteiger partial charge in [-0.05, 0) is 35.9 Å². The van der Waals surface area contributed by atoms with Gasteiger partial charge in [-0.25, -0.2) is 4.98 Å². The number of rotatable bonds is 5. The molecule has 0 aliphatic heterocycles. The first kappa shape index (κ1) is 19.0. The maximum Gasteiger partial charge on any atom is 0.416 e. The van der Waals surface area contributed by atoms with Gasteiger partial charge in [-0.3, -0.25) is 4.79 Å². The van der Waals surface area contributed by atoms with Gasteiger partial charge < -0.3 is 9.88 Å². The number of hydrogen-bond acceptors (Lipinski definition) is 3. The van der Waals surface area contributed by atoms with Crippen LogP contribution in [-0.4, -0.2) is 15.5 Å². The Morgan fingerprint density at radius 3 is 2.56 bits per heavy atom. The van der Waals surface area contributed by atoms with Crippen molar-refractivity contribution < 1.29 is 18.0 Å². The summed E-state index contributed by atoms with van der Waals surface area (Å²) in [7, 11) is 1.90. The maximum atomic E-state index is 12.7. The van der Waals surface area contributed by atoms with Gasteiger partial charge in [-0.2, -0.15) is 13.2 Å². The van der Waals surface area contributed by atoms with E-state index in [0.29, 0.717) is 11.3 Å². The van der Waals surface area contributed by atoms with Crippen molar-refractivity contribution in [3.05, 3.63) is 72.1 Å². The van der Waals surface area contributed by atoms with Crippen LogP contribution in [-0.2, 0) is 24.4 Å². The lowest BCUT2D eigenvalue weighted by atomic mass is 10.1. The van der Waals surface area contributed by atoms with Crippen LogP contribution in [0.15, 0.2) is 71.0 Å². The Bertz CT molecular complexity index is 936. The van der Waals surface area contributed by atoms with Crippen molar-refractivity contribution in [1.29, 1.82) is 0 Å². The minimum absolute atomic E-state index is 0.131. The summed E-state index contributed by atoms with van der Waals surface area (Å²) in [5.41, 5.74) is 0.129. The van der Waals surface area contributed by atoms with Crippen molar-refractivity contribution in [3.8, 4) is 0 Å². The summed E-state index contributed by atoms with van der Waals surface area (Å²) < 4.78 is 40.1. The number of imidazole rings is 1. The molecule has 0 spiro atoms. The molecule has 0 saturated heterocycles. The zero-order valence-corrected chi connectivity index (χ0v) is 15.1. The SMILES string of the molecule is Cn1ccnc1Sc1ccc(NC(=O)Cc2cccc(C(F)(F)F)c2)cc1. The summed E-state index contributed by atoms with van der Waals surface area (Å²) in [4.78, 5) is 17.3. The Hall–Kier alpha value is -2.74. The van der Waals surface area contributed by atoms with Crippen LogP contribution in [0, 0.1) is 0 Å². The van der Waals surface area contributed by atoms with Gasteiger partial charge in [0.25, 0.3) is 0 Å². The fourth-order valence-corrected chi connectivity index (χ4v) is 3.21. The van der Waals surface area contributed by atoms with E-state index in [-0.39, 0.29) is 12.3 Å². The van der Waals surface area contributed by atoms with E-state index in [9.17, 15) is 18.0 Å². The Labute approximate surface area is 158 Å². The summed E-state index contributed by atoms with van der Waals surface area (Å²) in [5.74, 6) is -0.376. The van der Waals surface area contributed by atoms with Crippen molar-refractivity contribution in [1.82, 2.24) is 9.55 Å². The maximum absolute atomic E-state index is 12.7. The van der Waals surface area contributed by atoms with Crippen molar-refractivity contribution in [2.75, 3.05) is 5.32 Å². The van der Waals surface area contributed by atoms with Gasteiger partial charge in [0, 0.05) is 30.0 Å². The Balaban J connectivity index is 1.60. The quantitative estimate of drug-likeness (QED) is 0.681. The molecule has 0 aliphatic carbocycles. The highest BCUT2D eigenvalue weighted by Gasteiger charge is 2.30. The summed E-state index contributed by atoms with van der Waals surface area (Å²) in [5, 5.41) is 3.54. The summed E-state index contributed by atoms with van der Waals surface area (Å²) >= 11 is 1.49. The lowest BCUT2D eigenvalue weighted by molar-refractivity contribution is -0.137. The number of carbonyl (C=O) groups excluding carboxylic acids is 1. The first-order valence-electron chi connectivity index (χ1n) is 8.02. The van der Waals surface area contributed by atoms with Crippen LogP contribution in [0.1, 0.15) is 11.1 Å². The number of alkyl halides is 3. The number of nitrogens with one attached hydrogen (secondary N) is 1. The Morgan fingerprint density at radius 2 is 1.93 bits per heavy atom. The first-order chi connectivity index (χ1) is 12.8. The molecule has 0 atom stereocenters. The minimum atomic E-state index is -4.42. The summed E-state index contributed by atoms with van der Waals surface area (Å²) in [6.45, 7) is 0. The van der Waals surface area contributed by atoms with Gasteiger partial charge >= 0.3 is 6.18 Å². The predicted octanol–water partition coefficient (Wildman–Crippen LogP) is 4.77.